The van der Waals surface area contributed by atoms with Crippen LogP contribution in [0.15, 0.2) is 59.1 Å². The molecular formula is C21H21N3O3. The molecule has 1 aromatic heterocycles. The van der Waals surface area contributed by atoms with E-state index in [1.807, 2.05) is 49.4 Å². The number of primary amides is 1. The van der Waals surface area contributed by atoms with Crippen molar-refractivity contribution in [3.05, 3.63) is 65.9 Å². The Morgan fingerprint density at radius 1 is 1.07 bits per heavy atom. The highest BCUT2D eigenvalue weighted by atomic mass is 16.5. The average molecular weight is 363 g/mol. The van der Waals surface area contributed by atoms with Crippen LogP contribution < -0.4 is 11.1 Å². The minimum absolute atomic E-state index is 0.101. The summed E-state index contributed by atoms with van der Waals surface area (Å²) < 4.78 is 5.40. The highest BCUT2D eigenvalue weighted by Gasteiger charge is 2.17. The molecule has 0 aliphatic heterocycles. The van der Waals surface area contributed by atoms with Gasteiger partial charge in [0.15, 0.2) is 0 Å². The number of amides is 2. The van der Waals surface area contributed by atoms with E-state index >= 15 is 0 Å². The molecule has 0 unspecified atom stereocenters. The van der Waals surface area contributed by atoms with Crippen molar-refractivity contribution in [2.45, 2.75) is 26.3 Å². The van der Waals surface area contributed by atoms with Gasteiger partial charge >= 0.3 is 0 Å². The minimum Gasteiger partial charge on any atom is -0.370 e. The second kappa shape index (κ2) is 7.86. The number of nitrogens with two attached hydrogens (primary N) is 1. The lowest BCUT2D eigenvalue weighted by molar-refractivity contribution is -0.118. The van der Waals surface area contributed by atoms with Crippen LogP contribution in [-0.4, -0.2) is 23.0 Å². The van der Waals surface area contributed by atoms with Gasteiger partial charge in [-0.3, -0.25) is 9.59 Å². The number of benzene rings is 2. The van der Waals surface area contributed by atoms with Crippen LogP contribution in [-0.2, 0) is 4.79 Å². The maximum Gasteiger partial charge on any atom is 0.251 e. The Bertz CT molecular complexity index is 947. The van der Waals surface area contributed by atoms with Gasteiger partial charge in [0.25, 0.3) is 5.91 Å². The van der Waals surface area contributed by atoms with Crippen LogP contribution >= 0.6 is 0 Å². The van der Waals surface area contributed by atoms with E-state index in [-0.39, 0.29) is 18.4 Å². The molecule has 0 spiro atoms. The van der Waals surface area contributed by atoms with Crippen LogP contribution in [0.5, 0.6) is 0 Å². The lowest BCUT2D eigenvalue weighted by atomic mass is 9.98. The van der Waals surface area contributed by atoms with Gasteiger partial charge < -0.3 is 15.6 Å². The fourth-order valence-corrected chi connectivity index (χ4v) is 2.95. The normalized spacial score (nSPS) is 11.8. The first-order valence-electron chi connectivity index (χ1n) is 8.67. The number of nitrogens with zero attached hydrogens (tertiary/aromatic N) is 1. The van der Waals surface area contributed by atoms with Crippen molar-refractivity contribution in [2.75, 3.05) is 0 Å². The van der Waals surface area contributed by atoms with E-state index in [4.69, 9.17) is 10.3 Å². The van der Waals surface area contributed by atoms with E-state index in [0.29, 0.717) is 11.3 Å². The molecule has 2 amide bonds. The average Bonchev–Trinajstić information content (AvgIpc) is 3.03. The van der Waals surface area contributed by atoms with Gasteiger partial charge in [-0.2, -0.15) is 0 Å². The van der Waals surface area contributed by atoms with Gasteiger partial charge in [0.2, 0.25) is 5.91 Å². The number of carbonyl (C=O) groups excluding carboxylic acids is 2. The zero-order valence-electron chi connectivity index (χ0n) is 15.2. The van der Waals surface area contributed by atoms with Crippen LogP contribution in [0.3, 0.4) is 0 Å². The number of rotatable bonds is 6. The summed E-state index contributed by atoms with van der Waals surface area (Å²) >= 11 is 0. The van der Waals surface area contributed by atoms with Gasteiger partial charge in [-0.25, -0.2) is 0 Å². The SMILES string of the molecule is Cc1onc(-c2ccccc2)c1-c1ccc(C(=O)N[C@@H](C)CC(N)=O)cc1. The van der Waals surface area contributed by atoms with E-state index in [1.165, 1.54) is 0 Å². The molecular weight excluding hydrogens is 342 g/mol. The van der Waals surface area contributed by atoms with Crippen molar-refractivity contribution in [3.8, 4) is 22.4 Å². The summed E-state index contributed by atoms with van der Waals surface area (Å²) in [7, 11) is 0. The molecule has 2 aromatic carbocycles. The highest BCUT2D eigenvalue weighted by molar-refractivity contribution is 5.95. The van der Waals surface area contributed by atoms with Crippen molar-refractivity contribution >= 4 is 11.8 Å². The molecule has 3 N–H and O–H groups in total. The monoisotopic (exact) mass is 363 g/mol. The molecule has 0 saturated carbocycles. The summed E-state index contributed by atoms with van der Waals surface area (Å²) in [6, 6.07) is 16.7. The van der Waals surface area contributed by atoms with Crippen molar-refractivity contribution in [1.82, 2.24) is 10.5 Å². The lowest BCUT2D eigenvalue weighted by Crippen LogP contribution is -2.35. The van der Waals surface area contributed by atoms with E-state index in [1.54, 1.807) is 19.1 Å². The molecule has 6 nitrogen and oxygen atoms in total. The standard InChI is InChI=1S/C21H21N3O3/c1-13(12-18(22)25)23-21(26)17-10-8-15(9-11-17)19-14(2)27-24-20(19)16-6-4-3-5-7-16/h3-11,13H,12H2,1-2H3,(H2,22,25)(H,23,26)/t13-/m0/s1. The van der Waals surface area contributed by atoms with Gasteiger partial charge in [-0.05, 0) is 31.5 Å². The summed E-state index contributed by atoms with van der Waals surface area (Å²) in [5.74, 6) is 0.0104. The Labute approximate surface area is 157 Å². The molecule has 0 saturated heterocycles. The van der Waals surface area contributed by atoms with Crippen LogP contribution in [0.4, 0.5) is 0 Å². The first kappa shape index (κ1) is 18.4. The van der Waals surface area contributed by atoms with Gasteiger partial charge in [-0.15, -0.1) is 0 Å². The molecule has 3 aromatic rings. The fraction of sp³-hybridized carbons (Fsp3) is 0.190. The minimum atomic E-state index is -0.450. The molecule has 138 valence electrons. The molecule has 3 rings (SSSR count). The smallest absolute Gasteiger partial charge is 0.251 e. The maximum absolute atomic E-state index is 12.3. The number of aromatic nitrogens is 1. The van der Waals surface area contributed by atoms with E-state index in [0.717, 1.165) is 22.4 Å². The summed E-state index contributed by atoms with van der Waals surface area (Å²) in [4.78, 5) is 23.2. The quantitative estimate of drug-likeness (QED) is 0.702. The third-order valence-corrected chi connectivity index (χ3v) is 4.23. The largest absolute Gasteiger partial charge is 0.370 e. The zero-order valence-corrected chi connectivity index (χ0v) is 15.2. The molecule has 1 heterocycles. The molecule has 1 atom stereocenters. The Morgan fingerprint density at radius 2 is 1.74 bits per heavy atom. The zero-order chi connectivity index (χ0) is 19.4. The fourth-order valence-electron chi connectivity index (χ4n) is 2.95. The Kier molecular flexibility index (Phi) is 5.35. The second-order valence-electron chi connectivity index (χ2n) is 6.45. The van der Waals surface area contributed by atoms with Crippen LogP contribution in [0.25, 0.3) is 22.4 Å². The molecule has 0 radical (unpaired) electrons. The Morgan fingerprint density at radius 3 is 2.37 bits per heavy atom. The number of nitrogens with one attached hydrogen (secondary N) is 1. The van der Waals surface area contributed by atoms with Crippen molar-refractivity contribution in [1.29, 1.82) is 0 Å². The first-order chi connectivity index (χ1) is 13.0. The van der Waals surface area contributed by atoms with Gasteiger partial charge in [0, 0.05) is 23.6 Å². The summed E-state index contributed by atoms with van der Waals surface area (Å²) in [6.45, 7) is 3.60. The third-order valence-electron chi connectivity index (χ3n) is 4.23. The topological polar surface area (TPSA) is 98.2 Å². The van der Waals surface area contributed by atoms with Crippen LogP contribution in [0.2, 0.25) is 0 Å². The Hall–Kier alpha value is -3.41. The van der Waals surface area contributed by atoms with E-state index in [9.17, 15) is 9.59 Å². The van der Waals surface area contributed by atoms with Crippen molar-refractivity contribution in [2.24, 2.45) is 5.73 Å². The molecule has 27 heavy (non-hydrogen) atoms. The summed E-state index contributed by atoms with van der Waals surface area (Å²) in [5, 5.41) is 6.95. The molecule has 0 aliphatic carbocycles. The van der Waals surface area contributed by atoms with E-state index in [2.05, 4.69) is 10.5 Å². The number of hydrogen-bond acceptors (Lipinski definition) is 4. The molecule has 0 bridgehead atoms. The van der Waals surface area contributed by atoms with Gasteiger partial charge in [0.1, 0.15) is 11.5 Å². The summed E-state index contributed by atoms with van der Waals surface area (Å²) in [5.41, 5.74) is 9.20. The highest BCUT2D eigenvalue weighted by Crippen LogP contribution is 2.34. The summed E-state index contributed by atoms with van der Waals surface area (Å²) in [6.07, 6.45) is 0.101. The first-order valence-corrected chi connectivity index (χ1v) is 8.67. The van der Waals surface area contributed by atoms with E-state index < -0.39 is 5.91 Å². The maximum atomic E-state index is 12.3. The number of aryl methyl sites for hydroxylation is 1. The van der Waals surface area contributed by atoms with Crippen LogP contribution in [0, 0.1) is 6.92 Å². The number of hydrogen-bond donors (Lipinski definition) is 2. The predicted octanol–water partition coefficient (Wildman–Crippen LogP) is 3.31. The molecule has 0 aliphatic rings. The van der Waals surface area contributed by atoms with Crippen molar-refractivity contribution in [3.63, 3.8) is 0 Å². The van der Waals surface area contributed by atoms with Crippen molar-refractivity contribution < 1.29 is 14.1 Å². The van der Waals surface area contributed by atoms with Gasteiger partial charge in [-0.1, -0.05) is 47.6 Å². The van der Waals surface area contributed by atoms with Gasteiger partial charge in [0.05, 0.1) is 5.56 Å². The number of carbonyl (C=O) groups is 2. The molecule has 6 heteroatoms. The third kappa shape index (κ3) is 4.23. The van der Waals surface area contributed by atoms with Crippen LogP contribution in [0.1, 0.15) is 29.5 Å². The molecule has 0 fully saturated rings. The Balaban J connectivity index is 1.84. The second-order valence-corrected chi connectivity index (χ2v) is 6.45. The lowest BCUT2D eigenvalue weighted by Gasteiger charge is -2.12. The predicted molar refractivity (Wildman–Crippen MR) is 103 cm³/mol.